The molecular weight excluding hydrogens is 418 g/mol. The zero-order valence-corrected chi connectivity index (χ0v) is 17.7. The van der Waals surface area contributed by atoms with Crippen LogP contribution in [0.15, 0.2) is 53.0 Å². The maximum Gasteiger partial charge on any atom is 0.164 e. The molecule has 1 heterocycles. The number of rotatable bonds is 4. The third-order valence-electron chi connectivity index (χ3n) is 5.24. The van der Waals surface area contributed by atoms with Crippen molar-refractivity contribution in [3.63, 3.8) is 0 Å². The maximum atomic E-state index is 12.7. The van der Waals surface area contributed by atoms with Crippen molar-refractivity contribution in [3.8, 4) is 28.4 Å². The first-order chi connectivity index (χ1) is 13.5. The number of benzene rings is 2. The van der Waals surface area contributed by atoms with Crippen molar-refractivity contribution in [2.45, 2.75) is 19.8 Å². The van der Waals surface area contributed by atoms with Crippen molar-refractivity contribution < 1.29 is 14.3 Å². The Bertz CT molecular complexity index is 1040. The molecule has 4 nitrogen and oxygen atoms in total. The fraction of sp³-hybridized carbons (Fsp3) is 0.261. The molecule has 1 aromatic heterocycles. The van der Waals surface area contributed by atoms with Gasteiger partial charge < -0.3 is 14.0 Å². The van der Waals surface area contributed by atoms with E-state index < -0.39 is 0 Å². The van der Waals surface area contributed by atoms with Gasteiger partial charge in [-0.25, -0.2) is 0 Å². The molecule has 28 heavy (non-hydrogen) atoms. The second-order valence-electron chi connectivity index (χ2n) is 7.21. The van der Waals surface area contributed by atoms with E-state index in [0.717, 1.165) is 39.1 Å². The van der Waals surface area contributed by atoms with E-state index in [2.05, 4.69) is 39.6 Å². The number of methoxy groups -OCH3 is 2. The van der Waals surface area contributed by atoms with E-state index in [1.165, 1.54) is 0 Å². The van der Waals surface area contributed by atoms with Crippen LogP contribution in [0.5, 0.6) is 11.5 Å². The Morgan fingerprint density at radius 2 is 1.68 bits per heavy atom. The minimum atomic E-state index is 0.214. The van der Waals surface area contributed by atoms with Gasteiger partial charge in [-0.2, -0.15) is 0 Å². The lowest BCUT2D eigenvalue weighted by molar-refractivity contribution is 0.0952. The van der Waals surface area contributed by atoms with Crippen molar-refractivity contribution in [3.05, 3.63) is 64.3 Å². The van der Waals surface area contributed by atoms with Gasteiger partial charge in [-0.3, -0.25) is 4.79 Å². The number of hydrogen-bond acceptors (Lipinski definition) is 3. The van der Waals surface area contributed by atoms with Crippen molar-refractivity contribution in [2.24, 2.45) is 5.92 Å². The van der Waals surface area contributed by atoms with Gasteiger partial charge >= 0.3 is 0 Å². The molecule has 0 saturated carbocycles. The SMILES string of the molecule is COc1ccc(-n2c(-c3ccc(Br)cc3)cc3c2CC(C)CC3=O)cc1OC. The van der Waals surface area contributed by atoms with E-state index in [0.29, 0.717) is 23.8 Å². The van der Waals surface area contributed by atoms with Crippen LogP contribution in [-0.4, -0.2) is 24.6 Å². The van der Waals surface area contributed by atoms with Gasteiger partial charge in [0.15, 0.2) is 17.3 Å². The number of Topliss-reactive ketones (excluding diaryl/α,β-unsaturated/α-hetero) is 1. The number of aromatic nitrogens is 1. The van der Waals surface area contributed by atoms with E-state index >= 15 is 0 Å². The highest BCUT2D eigenvalue weighted by Crippen LogP contribution is 2.38. The molecule has 4 rings (SSSR count). The summed E-state index contributed by atoms with van der Waals surface area (Å²) in [6, 6.07) is 16.1. The number of ether oxygens (including phenoxy) is 2. The summed E-state index contributed by atoms with van der Waals surface area (Å²) in [4.78, 5) is 12.7. The highest BCUT2D eigenvalue weighted by atomic mass is 79.9. The van der Waals surface area contributed by atoms with Crippen LogP contribution in [0, 0.1) is 5.92 Å². The number of nitrogens with zero attached hydrogens (tertiary/aromatic N) is 1. The molecule has 0 fully saturated rings. The minimum Gasteiger partial charge on any atom is -0.493 e. The molecule has 144 valence electrons. The average molecular weight is 440 g/mol. The first-order valence-corrected chi connectivity index (χ1v) is 10.1. The fourth-order valence-electron chi connectivity index (χ4n) is 3.91. The number of hydrogen-bond donors (Lipinski definition) is 0. The summed E-state index contributed by atoms with van der Waals surface area (Å²) in [5.74, 6) is 1.89. The van der Waals surface area contributed by atoms with Crippen molar-refractivity contribution in [2.75, 3.05) is 14.2 Å². The largest absolute Gasteiger partial charge is 0.493 e. The lowest BCUT2D eigenvalue weighted by atomic mass is 9.88. The minimum absolute atomic E-state index is 0.214. The van der Waals surface area contributed by atoms with E-state index in [1.54, 1.807) is 14.2 Å². The smallest absolute Gasteiger partial charge is 0.164 e. The lowest BCUT2D eigenvalue weighted by Crippen LogP contribution is -2.19. The summed E-state index contributed by atoms with van der Waals surface area (Å²) < 4.78 is 14.1. The molecule has 0 amide bonds. The first-order valence-electron chi connectivity index (χ1n) is 9.28. The fourth-order valence-corrected chi connectivity index (χ4v) is 4.18. The highest BCUT2D eigenvalue weighted by Gasteiger charge is 2.29. The summed E-state index contributed by atoms with van der Waals surface area (Å²) >= 11 is 3.50. The van der Waals surface area contributed by atoms with E-state index in [-0.39, 0.29) is 5.78 Å². The number of carbonyl (C=O) groups is 1. The maximum absolute atomic E-state index is 12.7. The molecule has 1 aliphatic carbocycles. The number of halogens is 1. The molecule has 5 heteroatoms. The second-order valence-corrected chi connectivity index (χ2v) is 8.12. The average Bonchev–Trinajstić information content (AvgIpc) is 3.07. The molecule has 1 unspecified atom stereocenters. The Hall–Kier alpha value is -2.53. The molecule has 0 saturated heterocycles. The summed E-state index contributed by atoms with van der Waals surface area (Å²) in [7, 11) is 3.26. The van der Waals surface area contributed by atoms with Crippen LogP contribution < -0.4 is 9.47 Å². The molecule has 2 aromatic carbocycles. The van der Waals surface area contributed by atoms with Gasteiger partial charge in [-0.1, -0.05) is 35.0 Å². The van der Waals surface area contributed by atoms with Crippen molar-refractivity contribution in [1.29, 1.82) is 0 Å². The number of carbonyl (C=O) groups excluding carboxylic acids is 1. The monoisotopic (exact) mass is 439 g/mol. The van der Waals surface area contributed by atoms with Gasteiger partial charge in [0, 0.05) is 33.9 Å². The molecule has 0 spiro atoms. The third kappa shape index (κ3) is 3.24. The van der Waals surface area contributed by atoms with Crippen LogP contribution >= 0.6 is 15.9 Å². The predicted octanol–water partition coefficient (Wildman–Crippen LogP) is 5.69. The predicted molar refractivity (Wildman–Crippen MR) is 114 cm³/mol. The number of fused-ring (bicyclic) bond motifs is 1. The first kappa shape index (κ1) is 18.8. The van der Waals surface area contributed by atoms with Crippen LogP contribution in [0.4, 0.5) is 0 Å². The zero-order chi connectivity index (χ0) is 19.8. The summed E-state index contributed by atoms with van der Waals surface area (Å²) in [6.07, 6.45) is 1.47. The summed E-state index contributed by atoms with van der Waals surface area (Å²) in [5, 5.41) is 0. The molecule has 0 aliphatic heterocycles. The standard InChI is InChI=1S/C23H22BrNO3/c1-14-10-20-18(21(26)11-14)13-19(15-4-6-16(24)7-5-15)25(20)17-8-9-22(27-2)23(12-17)28-3/h4-9,12-14H,10-11H2,1-3H3. The van der Waals surface area contributed by atoms with Gasteiger partial charge in [0.05, 0.1) is 19.9 Å². The topological polar surface area (TPSA) is 40.5 Å². The molecule has 1 atom stereocenters. The van der Waals surface area contributed by atoms with E-state index in [1.807, 2.05) is 36.4 Å². The Balaban J connectivity index is 1.97. The summed E-state index contributed by atoms with van der Waals surface area (Å²) in [6.45, 7) is 2.13. The quantitative estimate of drug-likeness (QED) is 0.524. The van der Waals surface area contributed by atoms with Crippen LogP contribution in [-0.2, 0) is 6.42 Å². The van der Waals surface area contributed by atoms with Crippen LogP contribution in [0.3, 0.4) is 0 Å². The summed E-state index contributed by atoms with van der Waals surface area (Å²) in [5.41, 5.74) is 4.92. The molecule has 0 bridgehead atoms. The Kier molecular flexibility index (Phi) is 5.02. The molecule has 0 radical (unpaired) electrons. The van der Waals surface area contributed by atoms with Gasteiger partial charge in [0.2, 0.25) is 0 Å². The molecule has 3 aromatic rings. The van der Waals surface area contributed by atoms with Gasteiger partial charge in [-0.05, 0) is 48.2 Å². The van der Waals surface area contributed by atoms with Crippen molar-refractivity contribution >= 4 is 21.7 Å². The second kappa shape index (κ2) is 7.47. The van der Waals surface area contributed by atoms with Gasteiger partial charge in [0.25, 0.3) is 0 Å². The molecular formula is C23H22BrNO3. The Morgan fingerprint density at radius 3 is 2.36 bits per heavy atom. The molecule has 1 aliphatic rings. The lowest BCUT2D eigenvalue weighted by Gasteiger charge is -2.21. The highest BCUT2D eigenvalue weighted by molar-refractivity contribution is 9.10. The third-order valence-corrected chi connectivity index (χ3v) is 5.77. The zero-order valence-electron chi connectivity index (χ0n) is 16.2. The van der Waals surface area contributed by atoms with Crippen LogP contribution in [0.1, 0.15) is 29.4 Å². The Labute approximate surface area is 173 Å². The Morgan fingerprint density at radius 1 is 0.964 bits per heavy atom. The van der Waals surface area contributed by atoms with Gasteiger partial charge in [0.1, 0.15) is 0 Å². The van der Waals surface area contributed by atoms with Gasteiger partial charge in [-0.15, -0.1) is 0 Å². The van der Waals surface area contributed by atoms with E-state index in [4.69, 9.17) is 9.47 Å². The number of ketones is 1. The van der Waals surface area contributed by atoms with Crippen LogP contribution in [0.25, 0.3) is 16.9 Å². The van der Waals surface area contributed by atoms with E-state index in [9.17, 15) is 4.79 Å². The van der Waals surface area contributed by atoms with Crippen LogP contribution in [0.2, 0.25) is 0 Å². The van der Waals surface area contributed by atoms with Crippen molar-refractivity contribution in [1.82, 2.24) is 4.57 Å². The molecule has 0 N–H and O–H groups in total. The normalized spacial score (nSPS) is 16.0.